The number of carbonyl (C=O) groups is 1. The van der Waals surface area contributed by atoms with Gasteiger partial charge in [0.2, 0.25) is 0 Å². The fourth-order valence-corrected chi connectivity index (χ4v) is 1.85. The van der Waals surface area contributed by atoms with E-state index in [1.165, 1.54) is 7.05 Å². The van der Waals surface area contributed by atoms with Gasteiger partial charge in [0, 0.05) is 19.0 Å². The van der Waals surface area contributed by atoms with Crippen LogP contribution >= 0.6 is 0 Å². The number of amides is 1. The maximum absolute atomic E-state index is 12.0. The van der Waals surface area contributed by atoms with Crippen LogP contribution in [0.3, 0.4) is 0 Å². The first kappa shape index (κ1) is 17.9. The summed E-state index contributed by atoms with van der Waals surface area (Å²) in [5, 5.41) is 31.0. The number of hydrogen-bond donors (Lipinski definition) is 4. The zero-order valence-corrected chi connectivity index (χ0v) is 13.5. The standard InChI is InChI=1S/C17H24N2O3/c1-17(2,3)13(21)10-12(20)14(16(22)19-4)15(18)11-8-6-5-7-9-11/h5-9,13,18,20-21H,10H2,1-4H3,(H,19,22). The summed E-state index contributed by atoms with van der Waals surface area (Å²) in [5.41, 5.74) is -0.0926. The summed E-state index contributed by atoms with van der Waals surface area (Å²) in [6.07, 6.45) is -0.905. The molecule has 0 bridgehead atoms. The number of aliphatic hydroxyl groups is 2. The third-order valence-electron chi connectivity index (χ3n) is 3.44. The summed E-state index contributed by atoms with van der Waals surface area (Å²) in [7, 11) is 1.44. The van der Waals surface area contributed by atoms with Crippen LogP contribution in [-0.2, 0) is 4.79 Å². The molecule has 1 aromatic carbocycles. The van der Waals surface area contributed by atoms with E-state index in [9.17, 15) is 15.0 Å². The van der Waals surface area contributed by atoms with Gasteiger partial charge in [-0.2, -0.15) is 0 Å². The number of hydrogen-bond acceptors (Lipinski definition) is 4. The van der Waals surface area contributed by atoms with E-state index in [4.69, 9.17) is 5.41 Å². The molecule has 0 heterocycles. The predicted octanol–water partition coefficient (Wildman–Crippen LogP) is 2.41. The van der Waals surface area contributed by atoms with E-state index < -0.39 is 17.4 Å². The second-order valence-corrected chi connectivity index (χ2v) is 6.23. The molecule has 0 aliphatic heterocycles. The molecule has 1 amide bonds. The zero-order valence-electron chi connectivity index (χ0n) is 13.5. The van der Waals surface area contributed by atoms with E-state index in [0.717, 1.165) is 0 Å². The lowest BCUT2D eigenvalue weighted by molar-refractivity contribution is -0.116. The SMILES string of the molecule is CNC(=O)C(C(=N)c1ccccc1)=C(O)CC(O)C(C)(C)C. The van der Waals surface area contributed by atoms with Crippen molar-refractivity contribution in [2.45, 2.75) is 33.3 Å². The lowest BCUT2D eigenvalue weighted by atomic mass is 9.85. The van der Waals surface area contributed by atoms with Gasteiger partial charge in [-0.1, -0.05) is 51.1 Å². The summed E-state index contributed by atoms with van der Waals surface area (Å²) in [6.45, 7) is 5.52. The monoisotopic (exact) mass is 304 g/mol. The Morgan fingerprint density at radius 1 is 1.27 bits per heavy atom. The van der Waals surface area contributed by atoms with Gasteiger partial charge in [-0.05, 0) is 5.41 Å². The van der Waals surface area contributed by atoms with Crippen molar-refractivity contribution in [3.63, 3.8) is 0 Å². The third-order valence-corrected chi connectivity index (χ3v) is 3.44. The minimum atomic E-state index is -0.823. The average molecular weight is 304 g/mol. The fourth-order valence-electron chi connectivity index (χ4n) is 1.85. The summed E-state index contributed by atoms with van der Waals surface area (Å²) in [4.78, 5) is 12.0. The summed E-state index contributed by atoms with van der Waals surface area (Å²) in [6, 6.07) is 8.71. The quantitative estimate of drug-likeness (QED) is 0.382. The van der Waals surface area contributed by atoms with E-state index in [1.807, 2.05) is 26.8 Å². The molecule has 0 aromatic heterocycles. The Labute approximate surface area is 131 Å². The van der Waals surface area contributed by atoms with E-state index in [2.05, 4.69) is 5.32 Å². The molecule has 22 heavy (non-hydrogen) atoms. The smallest absolute Gasteiger partial charge is 0.256 e. The molecule has 120 valence electrons. The van der Waals surface area contributed by atoms with Crippen LogP contribution < -0.4 is 5.32 Å². The Hall–Kier alpha value is -2.14. The number of likely N-dealkylation sites (N-methyl/N-ethyl adjacent to an activating group) is 1. The highest BCUT2D eigenvalue weighted by Crippen LogP contribution is 2.25. The summed E-state index contributed by atoms with van der Waals surface area (Å²) in [5.74, 6) is -0.830. The zero-order chi connectivity index (χ0) is 16.9. The van der Waals surface area contributed by atoms with Crippen molar-refractivity contribution in [3.05, 3.63) is 47.2 Å². The van der Waals surface area contributed by atoms with Crippen LogP contribution in [0.4, 0.5) is 0 Å². The van der Waals surface area contributed by atoms with Crippen LogP contribution in [0.15, 0.2) is 41.7 Å². The van der Waals surface area contributed by atoms with Crippen LogP contribution in [-0.4, -0.2) is 35.0 Å². The third kappa shape index (κ3) is 4.43. The van der Waals surface area contributed by atoms with Crippen molar-refractivity contribution in [2.24, 2.45) is 5.41 Å². The van der Waals surface area contributed by atoms with Crippen LogP contribution in [0.1, 0.15) is 32.8 Å². The number of aliphatic hydroxyl groups excluding tert-OH is 2. The predicted molar refractivity (Wildman–Crippen MR) is 87.1 cm³/mol. The molecule has 0 saturated heterocycles. The minimum absolute atomic E-state index is 0.0708. The van der Waals surface area contributed by atoms with Crippen molar-refractivity contribution in [3.8, 4) is 0 Å². The lowest BCUT2D eigenvalue weighted by Gasteiger charge is -2.26. The van der Waals surface area contributed by atoms with Gasteiger partial charge in [0.05, 0.1) is 11.8 Å². The Morgan fingerprint density at radius 3 is 2.27 bits per heavy atom. The van der Waals surface area contributed by atoms with Crippen LogP contribution in [0.2, 0.25) is 0 Å². The molecule has 0 saturated carbocycles. The lowest BCUT2D eigenvalue weighted by Crippen LogP contribution is -2.30. The van der Waals surface area contributed by atoms with Crippen LogP contribution in [0.5, 0.6) is 0 Å². The molecule has 1 aromatic rings. The first-order valence-electron chi connectivity index (χ1n) is 7.15. The largest absolute Gasteiger partial charge is 0.511 e. The van der Waals surface area contributed by atoms with Crippen LogP contribution in [0.25, 0.3) is 0 Å². The Bertz CT molecular complexity index is 571. The molecule has 0 aliphatic carbocycles. The maximum Gasteiger partial charge on any atom is 0.256 e. The van der Waals surface area contributed by atoms with Crippen LogP contribution in [0, 0.1) is 10.8 Å². The molecule has 4 N–H and O–H groups in total. The van der Waals surface area contributed by atoms with Gasteiger partial charge >= 0.3 is 0 Å². The van der Waals surface area contributed by atoms with Crippen molar-refractivity contribution >= 4 is 11.6 Å². The number of rotatable bonds is 5. The van der Waals surface area contributed by atoms with Gasteiger partial charge in [-0.15, -0.1) is 0 Å². The highest BCUT2D eigenvalue weighted by Gasteiger charge is 2.27. The van der Waals surface area contributed by atoms with E-state index >= 15 is 0 Å². The Morgan fingerprint density at radius 2 is 1.82 bits per heavy atom. The molecule has 0 radical (unpaired) electrons. The molecule has 0 spiro atoms. The molecule has 1 unspecified atom stereocenters. The minimum Gasteiger partial charge on any atom is -0.511 e. The van der Waals surface area contributed by atoms with Crippen molar-refractivity contribution in [1.29, 1.82) is 5.41 Å². The molecule has 5 heteroatoms. The van der Waals surface area contributed by atoms with Crippen molar-refractivity contribution in [2.75, 3.05) is 7.05 Å². The molecule has 1 atom stereocenters. The first-order chi connectivity index (χ1) is 10.2. The maximum atomic E-state index is 12.0. The summed E-state index contributed by atoms with van der Waals surface area (Å²) >= 11 is 0. The normalized spacial score (nSPS) is 14.0. The molecular formula is C17H24N2O3. The average Bonchev–Trinajstić information content (AvgIpc) is 2.46. The molecule has 5 nitrogen and oxygen atoms in total. The van der Waals surface area contributed by atoms with E-state index in [1.54, 1.807) is 24.3 Å². The molecular weight excluding hydrogens is 280 g/mol. The second-order valence-electron chi connectivity index (χ2n) is 6.23. The fraction of sp³-hybridized carbons (Fsp3) is 0.412. The highest BCUT2D eigenvalue weighted by atomic mass is 16.3. The number of carbonyl (C=O) groups excluding carboxylic acids is 1. The highest BCUT2D eigenvalue weighted by molar-refractivity contribution is 6.27. The van der Waals surface area contributed by atoms with E-state index in [-0.39, 0.29) is 23.5 Å². The second kappa shape index (κ2) is 7.22. The van der Waals surface area contributed by atoms with Gasteiger partial charge in [0.15, 0.2) is 0 Å². The first-order valence-corrected chi connectivity index (χ1v) is 7.15. The van der Waals surface area contributed by atoms with Gasteiger partial charge in [0.25, 0.3) is 5.91 Å². The number of benzene rings is 1. The summed E-state index contributed by atoms with van der Waals surface area (Å²) < 4.78 is 0. The van der Waals surface area contributed by atoms with Crippen molar-refractivity contribution in [1.82, 2.24) is 5.32 Å². The molecule has 0 aliphatic rings. The Kier molecular flexibility index (Phi) is 5.88. The van der Waals surface area contributed by atoms with Gasteiger partial charge < -0.3 is 15.5 Å². The van der Waals surface area contributed by atoms with Crippen molar-refractivity contribution < 1.29 is 15.0 Å². The molecule has 1 rings (SSSR count). The van der Waals surface area contributed by atoms with Gasteiger partial charge in [-0.3, -0.25) is 10.2 Å². The topological polar surface area (TPSA) is 93.4 Å². The molecule has 0 fully saturated rings. The number of nitrogens with one attached hydrogen (secondary N) is 2. The Balaban J connectivity index is 3.20. The van der Waals surface area contributed by atoms with E-state index in [0.29, 0.717) is 5.56 Å². The van der Waals surface area contributed by atoms with Gasteiger partial charge in [0.1, 0.15) is 11.3 Å². The van der Waals surface area contributed by atoms with Gasteiger partial charge in [-0.25, -0.2) is 0 Å².